The second kappa shape index (κ2) is 7.14. The molecule has 1 atom stereocenters. The van der Waals surface area contributed by atoms with Crippen LogP contribution in [-0.4, -0.2) is 18.2 Å². The Morgan fingerprint density at radius 3 is 2.95 bits per heavy atom. The lowest BCUT2D eigenvalue weighted by Gasteiger charge is -2.17. The van der Waals surface area contributed by atoms with Crippen molar-refractivity contribution in [1.29, 1.82) is 0 Å². The van der Waals surface area contributed by atoms with Crippen LogP contribution in [0.2, 0.25) is 0 Å². The number of aromatic nitrogens is 1. The van der Waals surface area contributed by atoms with Gasteiger partial charge in [-0.2, -0.15) is 0 Å². The zero-order valence-electron chi connectivity index (χ0n) is 12.6. The molecule has 1 aliphatic carbocycles. The first-order valence-corrected chi connectivity index (χ1v) is 7.50. The van der Waals surface area contributed by atoms with Gasteiger partial charge in [0.25, 0.3) is 0 Å². The lowest BCUT2D eigenvalue weighted by atomic mass is 9.90. The summed E-state index contributed by atoms with van der Waals surface area (Å²) in [5, 5.41) is 6.80. The number of hydrogen-bond acceptors (Lipinski definition) is 3. The molecule has 1 fully saturated rings. The Balaban J connectivity index is 1.60. The third-order valence-corrected chi connectivity index (χ3v) is 4.10. The normalized spacial score (nSPS) is 21.2. The van der Waals surface area contributed by atoms with Gasteiger partial charge in [0.15, 0.2) is 0 Å². The van der Waals surface area contributed by atoms with E-state index in [2.05, 4.69) is 29.5 Å². The van der Waals surface area contributed by atoms with Gasteiger partial charge in [0.2, 0.25) is 0 Å². The summed E-state index contributed by atoms with van der Waals surface area (Å²) in [7, 11) is 0. The highest BCUT2D eigenvalue weighted by atomic mass is 19.1. The molecule has 112 valence electrons. The van der Waals surface area contributed by atoms with Crippen molar-refractivity contribution in [2.75, 3.05) is 13.2 Å². The molecule has 0 amide bonds. The van der Waals surface area contributed by atoms with Crippen molar-refractivity contribution in [3.8, 4) is 0 Å². The van der Waals surface area contributed by atoms with E-state index in [-0.39, 0.29) is 0 Å². The lowest BCUT2D eigenvalue weighted by molar-refractivity contribution is 0.353. The Labute approximate surface area is 121 Å². The molecule has 4 heteroatoms. The molecular formula is C16H26FN3. The average molecular weight is 279 g/mol. The van der Waals surface area contributed by atoms with Gasteiger partial charge in [0.1, 0.15) is 6.67 Å². The van der Waals surface area contributed by atoms with Crippen molar-refractivity contribution in [1.82, 2.24) is 15.6 Å². The Morgan fingerprint density at radius 1 is 1.40 bits per heavy atom. The highest BCUT2D eigenvalue weighted by molar-refractivity contribution is 5.15. The largest absolute Gasteiger partial charge is 0.304 e. The van der Waals surface area contributed by atoms with Crippen LogP contribution < -0.4 is 10.6 Å². The first-order valence-electron chi connectivity index (χ1n) is 7.50. The van der Waals surface area contributed by atoms with E-state index in [1.807, 2.05) is 12.1 Å². The molecule has 0 saturated heterocycles. The molecule has 1 aromatic rings. The molecule has 1 heterocycles. The minimum Gasteiger partial charge on any atom is -0.304 e. The van der Waals surface area contributed by atoms with Crippen LogP contribution in [0.25, 0.3) is 0 Å². The standard InChI is InChI=1S/C16H26FN3/c1-16(2)5-3-14(8-16)11-19-12-18-10-13-4-6-20-15(7-13)9-17/h4,6-7,14,18-19H,3,5,8-12H2,1-2H3. The first-order chi connectivity index (χ1) is 9.59. The zero-order valence-corrected chi connectivity index (χ0v) is 12.6. The number of hydrogen-bond donors (Lipinski definition) is 2. The zero-order chi connectivity index (χ0) is 14.4. The minimum absolute atomic E-state index is 0.496. The van der Waals surface area contributed by atoms with Crippen molar-refractivity contribution in [3.05, 3.63) is 29.6 Å². The smallest absolute Gasteiger partial charge is 0.131 e. The molecule has 0 radical (unpaired) electrons. The SMILES string of the molecule is CC1(C)CCC(CNCNCc2ccnc(CF)c2)C1. The molecule has 0 aromatic carbocycles. The molecule has 1 aromatic heterocycles. The Bertz CT molecular complexity index is 420. The van der Waals surface area contributed by atoms with Crippen LogP contribution in [0.1, 0.15) is 44.4 Å². The molecular weight excluding hydrogens is 253 g/mol. The van der Waals surface area contributed by atoms with Gasteiger partial charge in [-0.15, -0.1) is 0 Å². The van der Waals surface area contributed by atoms with Gasteiger partial charge in [0.05, 0.1) is 5.69 Å². The number of nitrogens with zero attached hydrogens (tertiary/aromatic N) is 1. The second-order valence-electron chi connectivity index (χ2n) is 6.62. The summed E-state index contributed by atoms with van der Waals surface area (Å²) in [5.74, 6) is 0.811. The molecule has 0 aliphatic heterocycles. The van der Waals surface area contributed by atoms with Gasteiger partial charge < -0.3 is 10.6 Å². The maximum Gasteiger partial charge on any atom is 0.131 e. The highest BCUT2D eigenvalue weighted by Crippen LogP contribution is 2.40. The quantitative estimate of drug-likeness (QED) is 0.595. The maximum absolute atomic E-state index is 12.5. The summed E-state index contributed by atoms with van der Waals surface area (Å²) in [6.45, 7) is 6.85. The summed E-state index contributed by atoms with van der Waals surface area (Å²) >= 11 is 0. The monoisotopic (exact) mass is 279 g/mol. The van der Waals surface area contributed by atoms with E-state index in [1.54, 1.807) is 6.20 Å². The van der Waals surface area contributed by atoms with E-state index in [9.17, 15) is 4.39 Å². The van der Waals surface area contributed by atoms with Gasteiger partial charge in [-0.3, -0.25) is 4.98 Å². The second-order valence-corrected chi connectivity index (χ2v) is 6.62. The van der Waals surface area contributed by atoms with Crippen LogP contribution in [0.15, 0.2) is 18.3 Å². The number of alkyl halides is 1. The predicted molar refractivity (Wildman–Crippen MR) is 79.9 cm³/mol. The van der Waals surface area contributed by atoms with E-state index in [0.29, 0.717) is 11.1 Å². The van der Waals surface area contributed by atoms with Crippen LogP contribution in [0.5, 0.6) is 0 Å². The summed E-state index contributed by atoms with van der Waals surface area (Å²) in [6.07, 6.45) is 5.67. The van der Waals surface area contributed by atoms with Crippen molar-refractivity contribution in [2.24, 2.45) is 11.3 Å². The predicted octanol–water partition coefficient (Wildman–Crippen LogP) is 3.01. The van der Waals surface area contributed by atoms with Crippen molar-refractivity contribution in [3.63, 3.8) is 0 Å². The minimum atomic E-state index is -0.496. The van der Waals surface area contributed by atoms with Gasteiger partial charge in [-0.05, 0) is 54.8 Å². The van der Waals surface area contributed by atoms with Crippen LogP contribution >= 0.6 is 0 Å². The fraction of sp³-hybridized carbons (Fsp3) is 0.688. The lowest BCUT2D eigenvalue weighted by Crippen LogP contribution is -2.32. The van der Waals surface area contributed by atoms with E-state index in [4.69, 9.17) is 0 Å². The molecule has 1 aliphatic rings. The third kappa shape index (κ3) is 4.84. The Kier molecular flexibility index (Phi) is 5.49. The molecule has 0 bridgehead atoms. The van der Waals surface area contributed by atoms with Gasteiger partial charge >= 0.3 is 0 Å². The fourth-order valence-corrected chi connectivity index (χ4v) is 3.04. The average Bonchev–Trinajstić information content (AvgIpc) is 2.78. The molecule has 20 heavy (non-hydrogen) atoms. The molecule has 2 rings (SSSR count). The maximum atomic E-state index is 12.5. The van der Waals surface area contributed by atoms with Gasteiger partial charge in [-0.1, -0.05) is 13.8 Å². The number of rotatable bonds is 7. The van der Waals surface area contributed by atoms with Crippen LogP contribution in [0.4, 0.5) is 4.39 Å². The molecule has 1 saturated carbocycles. The van der Waals surface area contributed by atoms with Gasteiger partial charge in [-0.25, -0.2) is 4.39 Å². The fourth-order valence-electron chi connectivity index (χ4n) is 3.04. The van der Waals surface area contributed by atoms with Crippen molar-refractivity contribution in [2.45, 2.75) is 46.3 Å². The summed E-state index contributed by atoms with van der Waals surface area (Å²) in [5.41, 5.74) is 2.11. The van der Waals surface area contributed by atoms with Crippen LogP contribution in [0, 0.1) is 11.3 Å². The van der Waals surface area contributed by atoms with E-state index in [1.165, 1.54) is 19.3 Å². The highest BCUT2D eigenvalue weighted by Gasteiger charge is 2.30. The van der Waals surface area contributed by atoms with E-state index < -0.39 is 6.67 Å². The summed E-state index contributed by atoms with van der Waals surface area (Å²) < 4.78 is 12.5. The topological polar surface area (TPSA) is 37.0 Å². The van der Waals surface area contributed by atoms with Crippen LogP contribution in [-0.2, 0) is 13.2 Å². The van der Waals surface area contributed by atoms with E-state index >= 15 is 0 Å². The molecule has 3 nitrogen and oxygen atoms in total. The number of halogens is 1. The molecule has 2 N–H and O–H groups in total. The van der Waals surface area contributed by atoms with E-state index in [0.717, 1.165) is 31.2 Å². The summed E-state index contributed by atoms with van der Waals surface area (Å²) in [4.78, 5) is 3.95. The van der Waals surface area contributed by atoms with Crippen LogP contribution in [0.3, 0.4) is 0 Å². The number of nitrogens with one attached hydrogen (secondary N) is 2. The van der Waals surface area contributed by atoms with Crippen molar-refractivity contribution < 1.29 is 4.39 Å². The Morgan fingerprint density at radius 2 is 2.25 bits per heavy atom. The summed E-state index contributed by atoms with van der Waals surface area (Å²) in [6, 6.07) is 3.73. The third-order valence-electron chi connectivity index (χ3n) is 4.10. The first kappa shape index (κ1) is 15.4. The van der Waals surface area contributed by atoms with Crippen molar-refractivity contribution >= 4 is 0 Å². The Hall–Kier alpha value is -1.00. The molecule has 0 spiro atoms. The molecule has 1 unspecified atom stereocenters. The number of pyridine rings is 1. The van der Waals surface area contributed by atoms with Gasteiger partial charge in [0, 0.05) is 19.4 Å².